The van der Waals surface area contributed by atoms with E-state index < -0.39 is 0 Å². The van der Waals surface area contributed by atoms with E-state index in [1.807, 2.05) is 45.9 Å². The van der Waals surface area contributed by atoms with Crippen molar-refractivity contribution in [1.29, 1.82) is 0 Å². The second-order valence-electron chi connectivity index (χ2n) is 8.49. The van der Waals surface area contributed by atoms with Crippen LogP contribution in [-0.4, -0.2) is 45.0 Å². The first-order valence-corrected chi connectivity index (χ1v) is 10.7. The molecular weight excluding hydrogens is 370 g/mol. The largest absolute Gasteiger partial charge is 0.360 e. The number of hydrogen-bond donors (Lipinski definition) is 1. The summed E-state index contributed by atoms with van der Waals surface area (Å²) in [5, 5.41) is 8.99. The van der Waals surface area contributed by atoms with Crippen LogP contribution in [0.1, 0.15) is 49.7 Å². The number of nitrogens with one attached hydrogen (secondary N) is 1. The van der Waals surface area contributed by atoms with Gasteiger partial charge in [0.1, 0.15) is 0 Å². The molecule has 1 aliphatic heterocycles. The van der Waals surface area contributed by atoms with Gasteiger partial charge in [-0.1, -0.05) is 50.3 Å². The molecule has 1 amide bonds. The highest BCUT2D eigenvalue weighted by atomic mass is 32.1. The number of piperidine rings is 1. The Balaban J connectivity index is 1.29. The van der Waals surface area contributed by atoms with Crippen molar-refractivity contribution < 1.29 is 4.79 Å². The number of imidazole rings is 1. The van der Waals surface area contributed by atoms with E-state index in [1.54, 1.807) is 11.3 Å². The van der Waals surface area contributed by atoms with Crippen LogP contribution in [0.3, 0.4) is 0 Å². The normalized spacial score (nSPS) is 15.9. The number of aromatic nitrogens is 3. The summed E-state index contributed by atoms with van der Waals surface area (Å²) in [5.41, 5.74) is 1.87. The summed E-state index contributed by atoms with van der Waals surface area (Å²) in [6, 6.07) is 9.55. The van der Waals surface area contributed by atoms with Gasteiger partial charge in [-0.2, -0.15) is 0 Å². The number of carbonyl (C=O) groups is 1. The Morgan fingerprint density at radius 2 is 1.93 bits per heavy atom. The smallest absolute Gasteiger partial charge is 0.253 e. The zero-order chi connectivity index (χ0) is 19.7. The highest BCUT2D eigenvalue weighted by molar-refractivity contribution is 7.20. The molecule has 7 heteroatoms. The second kappa shape index (κ2) is 7.54. The fraction of sp³-hybridized carbons (Fsp3) is 0.476. The van der Waals surface area contributed by atoms with E-state index in [9.17, 15) is 4.79 Å². The number of nitrogens with zero attached hydrogens (tertiary/aromatic N) is 4. The molecule has 1 aromatic carbocycles. The molecular formula is C21H27N5OS. The van der Waals surface area contributed by atoms with Crippen molar-refractivity contribution >= 4 is 27.3 Å². The van der Waals surface area contributed by atoms with Crippen molar-refractivity contribution in [3.8, 4) is 0 Å². The van der Waals surface area contributed by atoms with E-state index in [1.165, 1.54) is 0 Å². The molecule has 6 nitrogen and oxygen atoms in total. The van der Waals surface area contributed by atoms with Crippen molar-refractivity contribution in [3.05, 3.63) is 47.8 Å². The van der Waals surface area contributed by atoms with Crippen LogP contribution in [0, 0.1) is 5.92 Å². The lowest BCUT2D eigenvalue weighted by Gasteiger charge is -2.32. The lowest BCUT2D eigenvalue weighted by molar-refractivity contribution is 0.0695. The van der Waals surface area contributed by atoms with Gasteiger partial charge in [0.15, 0.2) is 0 Å². The van der Waals surface area contributed by atoms with Gasteiger partial charge in [0.25, 0.3) is 5.91 Å². The van der Waals surface area contributed by atoms with Crippen LogP contribution in [0.25, 0.3) is 4.96 Å². The summed E-state index contributed by atoms with van der Waals surface area (Å²) in [7, 11) is 0. The number of rotatable bonds is 4. The van der Waals surface area contributed by atoms with Gasteiger partial charge in [0.05, 0.1) is 11.9 Å². The quantitative estimate of drug-likeness (QED) is 0.721. The van der Waals surface area contributed by atoms with E-state index in [-0.39, 0.29) is 11.3 Å². The molecule has 4 rings (SSSR count). The predicted octanol–water partition coefficient (Wildman–Crippen LogP) is 4.05. The molecule has 0 radical (unpaired) electrons. The Hall–Kier alpha value is -2.41. The number of benzene rings is 1. The van der Waals surface area contributed by atoms with Crippen LogP contribution in [0.5, 0.6) is 0 Å². The number of hydrogen-bond acceptors (Lipinski definition) is 5. The predicted molar refractivity (Wildman–Crippen MR) is 113 cm³/mol. The van der Waals surface area contributed by atoms with Crippen LogP contribution in [-0.2, 0) is 5.41 Å². The summed E-state index contributed by atoms with van der Waals surface area (Å²) in [6.07, 6.45) is 4.05. The van der Waals surface area contributed by atoms with E-state index in [0.717, 1.165) is 53.8 Å². The Morgan fingerprint density at radius 3 is 2.57 bits per heavy atom. The molecule has 1 aliphatic rings. The van der Waals surface area contributed by atoms with Gasteiger partial charge < -0.3 is 10.2 Å². The zero-order valence-electron chi connectivity index (χ0n) is 16.7. The maximum absolute atomic E-state index is 12.5. The van der Waals surface area contributed by atoms with E-state index in [2.05, 4.69) is 31.2 Å². The van der Waals surface area contributed by atoms with Crippen LogP contribution in [0.15, 0.2) is 36.5 Å². The summed E-state index contributed by atoms with van der Waals surface area (Å²) in [4.78, 5) is 20.1. The highest BCUT2D eigenvalue weighted by Gasteiger charge is 2.24. The maximum atomic E-state index is 12.5. The van der Waals surface area contributed by atoms with Crippen molar-refractivity contribution in [2.75, 3.05) is 25.0 Å². The molecule has 0 unspecified atom stereocenters. The third-order valence-corrected chi connectivity index (χ3v) is 6.16. The standard InChI is InChI=1S/C21H27N5OS/c1-21(2,3)17-14-26-20(23-17)28-19(24-26)22-13-15-9-11-25(12-10-15)18(27)16-7-5-4-6-8-16/h4-8,14-15H,9-13H2,1-3H3,(H,22,24). The average Bonchev–Trinajstić information content (AvgIpc) is 3.26. The Kier molecular flexibility index (Phi) is 5.10. The third kappa shape index (κ3) is 4.04. The topological polar surface area (TPSA) is 62.5 Å². The number of anilines is 1. The maximum Gasteiger partial charge on any atom is 0.253 e. The van der Waals surface area contributed by atoms with Crippen molar-refractivity contribution in [2.45, 2.75) is 39.0 Å². The first-order chi connectivity index (χ1) is 13.4. The number of carbonyl (C=O) groups excluding carboxylic acids is 1. The van der Waals surface area contributed by atoms with Crippen molar-refractivity contribution in [1.82, 2.24) is 19.5 Å². The Bertz CT molecular complexity index is 917. The lowest BCUT2D eigenvalue weighted by Crippen LogP contribution is -2.39. The molecule has 0 saturated carbocycles. The molecule has 3 aromatic rings. The fourth-order valence-corrected chi connectivity index (χ4v) is 4.26. The van der Waals surface area contributed by atoms with Gasteiger partial charge in [-0.3, -0.25) is 4.79 Å². The Morgan fingerprint density at radius 1 is 1.21 bits per heavy atom. The van der Waals surface area contributed by atoms with Crippen LogP contribution >= 0.6 is 11.3 Å². The minimum Gasteiger partial charge on any atom is -0.360 e. The summed E-state index contributed by atoms with van der Waals surface area (Å²) in [5.74, 6) is 0.698. The van der Waals surface area contributed by atoms with E-state index in [0.29, 0.717) is 5.92 Å². The molecule has 1 fully saturated rings. The molecule has 2 aromatic heterocycles. The van der Waals surface area contributed by atoms with Crippen LogP contribution in [0.4, 0.5) is 5.13 Å². The lowest BCUT2D eigenvalue weighted by atomic mass is 9.93. The molecule has 0 spiro atoms. The first-order valence-electron chi connectivity index (χ1n) is 9.85. The van der Waals surface area contributed by atoms with Gasteiger partial charge in [0.2, 0.25) is 10.1 Å². The number of amides is 1. The van der Waals surface area contributed by atoms with Crippen LogP contribution in [0.2, 0.25) is 0 Å². The molecule has 3 heterocycles. The average molecular weight is 398 g/mol. The van der Waals surface area contributed by atoms with Gasteiger partial charge in [0, 0.05) is 30.6 Å². The van der Waals surface area contributed by atoms with Crippen LogP contribution < -0.4 is 5.32 Å². The SMILES string of the molecule is CC(C)(C)c1cn2nc(NCC3CCN(C(=O)c4ccccc4)CC3)sc2n1. The fourth-order valence-electron chi connectivity index (χ4n) is 3.47. The Labute approximate surface area is 169 Å². The molecule has 28 heavy (non-hydrogen) atoms. The van der Waals surface area contributed by atoms with Gasteiger partial charge >= 0.3 is 0 Å². The minimum atomic E-state index is 0.0339. The number of fused-ring (bicyclic) bond motifs is 1. The molecule has 0 aliphatic carbocycles. The van der Waals surface area contributed by atoms with Gasteiger partial charge in [-0.05, 0) is 30.9 Å². The third-order valence-electron chi connectivity index (χ3n) is 5.28. The van der Waals surface area contributed by atoms with Gasteiger partial charge in [-0.25, -0.2) is 9.50 Å². The zero-order valence-corrected chi connectivity index (χ0v) is 17.5. The van der Waals surface area contributed by atoms with E-state index >= 15 is 0 Å². The van der Waals surface area contributed by atoms with Crippen molar-refractivity contribution in [3.63, 3.8) is 0 Å². The highest BCUT2D eigenvalue weighted by Crippen LogP contribution is 2.26. The molecule has 0 bridgehead atoms. The van der Waals surface area contributed by atoms with Gasteiger partial charge in [-0.15, -0.1) is 5.10 Å². The summed E-state index contributed by atoms with van der Waals surface area (Å²) < 4.78 is 1.87. The minimum absolute atomic E-state index is 0.0339. The summed E-state index contributed by atoms with van der Waals surface area (Å²) >= 11 is 1.59. The second-order valence-corrected chi connectivity index (χ2v) is 9.45. The number of likely N-dealkylation sites (tertiary alicyclic amines) is 1. The van der Waals surface area contributed by atoms with Crippen molar-refractivity contribution in [2.24, 2.45) is 5.92 Å². The molecule has 0 atom stereocenters. The molecule has 1 saturated heterocycles. The van der Waals surface area contributed by atoms with E-state index in [4.69, 9.17) is 4.98 Å². The molecule has 148 valence electrons. The first kappa shape index (κ1) is 18.9. The summed E-state index contributed by atoms with van der Waals surface area (Å²) in [6.45, 7) is 9.00. The monoisotopic (exact) mass is 397 g/mol. The molecule has 1 N–H and O–H groups in total.